The Morgan fingerprint density at radius 3 is 2.13 bits per heavy atom. The number of likely N-dealkylation sites (N-methyl/N-ethyl adjacent to an activating group) is 1. The van der Waals surface area contributed by atoms with Crippen molar-refractivity contribution in [2.24, 2.45) is 0 Å². The molecule has 0 N–H and O–H groups in total. The van der Waals surface area contributed by atoms with E-state index in [1.165, 1.54) is 58.5 Å². The summed E-state index contributed by atoms with van der Waals surface area (Å²) in [5, 5.41) is 0. The maximum absolute atomic E-state index is 2.73. The molecule has 0 aromatic rings. The van der Waals surface area contributed by atoms with Crippen molar-refractivity contribution >= 4 is 0 Å². The lowest BCUT2D eigenvalue weighted by molar-refractivity contribution is 0.124. The summed E-state index contributed by atoms with van der Waals surface area (Å²) >= 11 is 0. The van der Waals surface area contributed by atoms with Crippen molar-refractivity contribution in [1.82, 2.24) is 14.7 Å². The second kappa shape index (κ2) is 5.28. The fourth-order valence-corrected chi connectivity index (χ4v) is 2.79. The average molecular weight is 211 g/mol. The van der Waals surface area contributed by atoms with Gasteiger partial charge in [-0.1, -0.05) is 0 Å². The van der Waals surface area contributed by atoms with Crippen molar-refractivity contribution < 1.29 is 0 Å². The van der Waals surface area contributed by atoms with E-state index in [1.54, 1.807) is 0 Å². The van der Waals surface area contributed by atoms with E-state index in [0.29, 0.717) is 0 Å². The van der Waals surface area contributed by atoms with Gasteiger partial charge in [0.25, 0.3) is 0 Å². The molecule has 3 nitrogen and oxygen atoms in total. The Morgan fingerprint density at radius 2 is 1.40 bits per heavy atom. The predicted molar refractivity (Wildman–Crippen MR) is 64.2 cm³/mol. The van der Waals surface area contributed by atoms with Gasteiger partial charge in [-0.05, 0) is 59.5 Å². The van der Waals surface area contributed by atoms with E-state index in [0.717, 1.165) is 6.04 Å². The second-order valence-corrected chi connectivity index (χ2v) is 5.23. The van der Waals surface area contributed by atoms with Gasteiger partial charge in [-0.25, -0.2) is 0 Å². The highest BCUT2D eigenvalue weighted by molar-refractivity contribution is 4.80. The summed E-state index contributed by atoms with van der Waals surface area (Å²) in [6, 6.07) is 0.868. The van der Waals surface area contributed by atoms with Crippen LogP contribution < -0.4 is 0 Å². The Balaban J connectivity index is 1.82. The van der Waals surface area contributed by atoms with Crippen LogP contribution in [0.1, 0.15) is 19.3 Å². The molecule has 0 spiro atoms. The average Bonchev–Trinajstić information content (AvgIpc) is 2.44. The molecule has 0 atom stereocenters. The smallest absolute Gasteiger partial charge is 0.0120 e. The molecular weight excluding hydrogens is 186 g/mol. The van der Waals surface area contributed by atoms with Crippen LogP contribution >= 0.6 is 0 Å². The third-order valence-corrected chi connectivity index (χ3v) is 3.96. The Morgan fingerprint density at radius 1 is 0.733 bits per heavy atom. The summed E-state index contributed by atoms with van der Waals surface area (Å²) in [5.74, 6) is 0. The second-order valence-electron chi connectivity index (χ2n) is 5.23. The van der Waals surface area contributed by atoms with Crippen LogP contribution in [-0.2, 0) is 0 Å². The molecule has 0 bridgehead atoms. The fourth-order valence-electron chi connectivity index (χ4n) is 2.79. The third-order valence-electron chi connectivity index (χ3n) is 3.96. The molecule has 3 heteroatoms. The van der Waals surface area contributed by atoms with Gasteiger partial charge in [0.15, 0.2) is 0 Å². The van der Waals surface area contributed by atoms with Gasteiger partial charge in [-0.3, -0.25) is 4.90 Å². The molecule has 2 rings (SSSR count). The first-order valence-electron chi connectivity index (χ1n) is 6.37. The Kier molecular flexibility index (Phi) is 4.00. The minimum atomic E-state index is 0.868. The van der Waals surface area contributed by atoms with E-state index in [-0.39, 0.29) is 0 Å². The normalized spacial score (nSPS) is 29.2. The monoisotopic (exact) mass is 211 g/mol. The molecule has 2 fully saturated rings. The molecular formula is C12H25N3. The number of hydrogen-bond acceptors (Lipinski definition) is 3. The summed E-state index contributed by atoms with van der Waals surface area (Å²) in [4.78, 5) is 7.66. The summed E-state index contributed by atoms with van der Waals surface area (Å²) in [6.07, 6.45) is 4.10. The molecule has 2 saturated heterocycles. The fraction of sp³-hybridized carbons (Fsp3) is 1.00. The summed E-state index contributed by atoms with van der Waals surface area (Å²) in [5.41, 5.74) is 0. The number of likely N-dealkylation sites (tertiary alicyclic amines) is 1. The van der Waals surface area contributed by atoms with Crippen LogP contribution in [0.15, 0.2) is 0 Å². The van der Waals surface area contributed by atoms with E-state index in [4.69, 9.17) is 0 Å². The molecule has 88 valence electrons. The largest absolute Gasteiger partial charge is 0.306 e. The van der Waals surface area contributed by atoms with Gasteiger partial charge in [-0.15, -0.1) is 0 Å². The number of rotatable bonds is 1. The van der Waals surface area contributed by atoms with Crippen molar-refractivity contribution in [2.45, 2.75) is 25.3 Å². The minimum Gasteiger partial charge on any atom is -0.306 e. The SMILES string of the molecule is CN1CCC(N2CCCN(C)CC2)CC1. The number of nitrogens with zero attached hydrogens (tertiary/aromatic N) is 3. The van der Waals surface area contributed by atoms with E-state index >= 15 is 0 Å². The van der Waals surface area contributed by atoms with E-state index in [2.05, 4.69) is 28.8 Å². The topological polar surface area (TPSA) is 9.72 Å². The Bertz CT molecular complexity index is 187. The van der Waals surface area contributed by atoms with E-state index < -0.39 is 0 Å². The minimum absolute atomic E-state index is 0.868. The van der Waals surface area contributed by atoms with Gasteiger partial charge < -0.3 is 9.80 Å². The summed E-state index contributed by atoms with van der Waals surface area (Å²) < 4.78 is 0. The lowest BCUT2D eigenvalue weighted by Crippen LogP contribution is -2.45. The molecule has 0 radical (unpaired) electrons. The zero-order valence-corrected chi connectivity index (χ0v) is 10.3. The van der Waals surface area contributed by atoms with Gasteiger partial charge in [0.1, 0.15) is 0 Å². The van der Waals surface area contributed by atoms with Gasteiger partial charge in [0.2, 0.25) is 0 Å². The van der Waals surface area contributed by atoms with Crippen molar-refractivity contribution in [3.05, 3.63) is 0 Å². The van der Waals surface area contributed by atoms with Crippen LogP contribution in [0.4, 0.5) is 0 Å². The van der Waals surface area contributed by atoms with Gasteiger partial charge in [-0.2, -0.15) is 0 Å². The molecule has 2 aliphatic rings. The first kappa shape index (κ1) is 11.4. The molecule has 2 heterocycles. The highest BCUT2D eigenvalue weighted by atomic mass is 15.2. The standard InChI is InChI=1S/C12H25N3/c1-13-6-3-7-15(11-10-13)12-4-8-14(2)9-5-12/h12H,3-11H2,1-2H3. The van der Waals surface area contributed by atoms with E-state index in [9.17, 15) is 0 Å². The highest BCUT2D eigenvalue weighted by Crippen LogP contribution is 2.17. The zero-order chi connectivity index (χ0) is 10.7. The highest BCUT2D eigenvalue weighted by Gasteiger charge is 2.24. The molecule has 0 saturated carbocycles. The van der Waals surface area contributed by atoms with Crippen molar-refractivity contribution in [3.63, 3.8) is 0 Å². The molecule has 0 aromatic heterocycles. The van der Waals surface area contributed by atoms with Gasteiger partial charge in [0.05, 0.1) is 0 Å². The van der Waals surface area contributed by atoms with Crippen LogP contribution in [-0.4, -0.2) is 74.1 Å². The third kappa shape index (κ3) is 3.16. The molecule has 15 heavy (non-hydrogen) atoms. The van der Waals surface area contributed by atoms with Crippen LogP contribution in [0.5, 0.6) is 0 Å². The van der Waals surface area contributed by atoms with Crippen LogP contribution in [0.3, 0.4) is 0 Å². The zero-order valence-electron chi connectivity index (χ0n) is 10.3. The Hall–Kier alpha value is -0.120. The van der Waals surface area contributed by atoms with Gasteiger partial charge >= 0.3 is 0 Å². The number of hydrogen-bond donors (Lipinski definition) is 0. The number of piperidine rings is 1. The van der Waals surface area contributed by atoms with Crippen LogP contribution in [0, 0.1) is 0 Å². The predicted octanol–water partition coefficient (Wildman–Crippen LogP) is 0.718. The molecule has 0 aliphatic carbocycles. The maximum Gasteiger partial charge on any atom is 0.0120 e. The van der Waals surface area contributed by atoms with Crippen molar-refractivity contribution in [3.8, 4) is 0 Å². The van der Waals surface area contributed by atoms with Gasteiger partial charge in [0, 0.05) is 19.1 Å². The molecule has 2 aliphatic heterocycles. The Labute approximate surface area is 94.0 Å². The lowest BCUT2D eigenvalue weighted by atomic mass is 10.0. The molecule has 0 aromatic carbocycles. The lowest BCUT2D eigenvalue weighted by Gasteiger charge is -2.36. The first-order chi connectivity index (χ1) is 7.25. The van der Waals surface area contributed by atoms with Crippen LogP contribution in [0.25, 0.3) is 0 Å². The van der Waals surface area contributed by atoms with Crippen molar-refractivity contribution in [2.75, 3.05) is 53.4 Å². The molecule has 0 unspecified atom stereocenters. The van der Waals surface area contributed by atoms with Crippen molar-refractivity contribution in [1.29, 1.82) is 0 Å². The van der Waals surface area contributed by atoms with Crippen LogP contribution in [0.2, 0.25) is 0 Å². The summed E-state index contributed by atoms with van der Waals surface area (Å²) in [6.45, 7) is 7.72. The van der Waals surface area contributed by atoms with E-state index in [1.807, 2.05) is 0 Å². The quantitative estimate of drug-likeness (QED) is 0.633. The molecule has 0 amide bonds. The summed E-state index contributed by atoms with van der Waals surface area (Å²) in [7, 11) is 4.49. The maximum atomic E-state index is 2.73. The first-order valence-corrected chi connectivity index (χ1v) is 6.37.